The Hall–Kier alpha value is -1.90. The summed E-state index contributed by atoms with van der Waals surface area (Å²) in [6, 6.07) is 4.57. The summed E-state index contributed by atoms with van der Waals surface area (Å²) in [7, 11) is 0. The van der Waals surface area contributed by atoms with Gasteiger partial charge in [0.05, 0.1) is 13.2 Å². The minimum Gasteiger partial charge on any atom is -0.466 e. The molecule has 0 aromatic heterocycles. The molecule has 1 aromatic carbocycles. The Kier molecular flexibility index (Phi) is 7.78. The second-order valence-electron chi connectivity index (χ2n) is 7.19. The molecular weight excluding hydrogens is 532 g/mol. The second-order valence-corrected chi connectivity index (χ2v) is 8.11. The van der Waals surface area contributed by atoms with Crippen LogP contribution in [0.25, 0.3) is 0 Å². The summed E-state index contributed by atoms with van der Waals surface area (Å²) >= 11 is 3.06. The molecule has 1 aliphatic heterocycles. The highest BCUT2D eigenvalue weighted by atomic mass is 79.9. The zero-order valence-corrected chi connectivity index (χ0v) is 18.7. The maximum atomic E-state index is 14.0. The van der Waals surface area contributed by atoms with Crippen molar-refractivity contribution in [2.24, 2.45) is 11.8 Å². The van der Waals surface area contributed by atoms with Crippen LogP contribution in [0.1, 0.15) is 25.3 Å². The van der Waals surface area contributed by atoms with Gasteiger partial charge in [0.25, 0.3) is 0 Å². The van der Waals surface area contributed by atoms with E-state index in [0.29, 0.717) is 4.47 Å². The highest BCUT2D eigenvalue weighted by molar-refractivity contribution is 9.10. The molecular formula is C19H20BrF6NO6. The van der Waals surface area contributed by atoms with Gasteiger partial charge in [-0.15, -0.1) is 0 Å². The van der Waals surface area contributed by atoms with E-state index in [1.807, 2.05) is 0 Å². The quantitative estimate of drug-likeness (QED) is 0.381. The predicted octanol–water partition coefficient (Wildman–Crippen LogP) is 3.00. The van der Waals surface area contributed by atoms with E-state index in [-0.39, 0.29) is 5.56 Å². The number of esters is 2. The van der Waals surface area contributed by atoms with E-state index in [9.17, 15) is 46.1 Å². The van der Waals surface area contributed by atoms with Crippen LogP contribution in [0.5, 0.6) is 0 Å². The van der Waals surface area contributed by atoms with Crippen LogP contribution in [0, 0.1) is 11.8 Å². The van der Waals surface area contributed by atoms with Crippen LogP contribution < -0.4 is 5.32 Å². The van der Waals surface area contributed by atoms with Crippen LogP contribution in [0.15, 0.2) is 28.7 Å². The normalized spacial score (nSPS) is 30.6. The van der Waals surface area contributed by atoms with E-state index in [1.165, 1.54) is 26.0 Å². The van der Waals surface area contributed by atoms with Crippen molar-refractivity contribution in [3.05, 3.63) is 34.3 Å². The summed E-state index contributed by atoms with van der Waals surface area (Å²) in [5, 5.41) is 21.8. The minimum atomic E-state index is -5.92. The van der Waals surface area contributed by atoms with E-state index in [0.717, 1.165) is 17.4 Å². The largest absolute Gasteiger partial charge is 0.466 e. The number of aliphatic hydroxyl groups is 2. The smallest absolute Gasteiger partial charge is 0.432 e. The predicted molar refractivity (Wildman–Crippen MR) is 102 cm³/mol. The molecule has 2 rings (SSSR count). The van der Waals surface area contributed by atoms with Crippen molar-refractivity contribution in [2.75, 3.05) is 13.2 Å². The Morgan fingerprint density at radius 2 is 1.27 bits per heavy atom. The van der Waals surface area contributed by atoms with Gasteiger partial charge in [0, 0.05) is 10.4 Å². The first kappa shape index (κ1) is 27.3. The van der Waals surface area contributed by atoms with Crippen LogP contribution in [0.2, 0.25) is 0 Å². The zero-order chi connectivity index (χ0) is 25.4. The first-order valence-corrected chi connectivity index (χ1v) is 10.3. The summed E-state index contributed by atoms with van der Waals surface area (Å²) in [6.07, 6.45) is -11.8. The van der Waals surface area contributed by atoms with Crippen molar-refractivity contribution in [3.63, 3.8) is 0 Å². The van der Waals surface area contributed by atoms with Gasteiger partial charge in [0.2, 0.25) is 11.4 Å². The molecule has 0 saturated carbocycles. The Labute approximate surface area is 192 Å². The molecule has 1 unspecified atom stereocenters. The number of nitrogens with one attached hydrogen (secondary N) is 1. The van der Waals surface area contributed by atoms with E-state index in [2.05, 4.69) is 25.4 Å². The Balaban J connectivity index is 2.95. The lowest BCUT2D eigenvalue weighted by Gasteiger charge is -2.54. The molecule has 1 fully saturated rings. The standard InChI is InChI=1S/C19H20BrF6NO6/c1-3-32-14(28)12-11(9-5-7-10(20)8-6-9)13(15(29)33-4-2)17(31,19(24,25)26)27-16(12,30)18(21,22)23/h5-8,11-13,27,30-31H,3-4H2,1-2H3/t11?,12-,13-,16-,17+/m0/s1. The van der Waals surface area contributed by atoms with Crippen LogP contribution in [-0.2, 0) is 19.1 Å². The molecule has 1 heterocycles. The van der Waals surface area contributed by atoms with E-state index < -0.39 is 66.7 Å². The molecule has 0 bridgehead atoms. The number of piperidine rings is 1. The lowest BCUT2D eigenvalue weighted by atomic mass is 9.64. The number of benzene rings is 1. The number of hydrogen-bond acceptors (Lipinski definition) is 7. The molecule has 1 aliphatic rings. The molecule has 1 aromatic rings. The fraction of sp³-hybridized carbons (Fsp3) is 0.579. The summed E-state index contributed by atoms with van der Waals surface area (Å²) in [4.78, 5) is 25.3. The van der Waals surface area contributed by atoms with Gasteiger partial charge >= 0.3 is 24.3 Å². The maximum Gasteiger partial charge on any atom is 0.432 e. The average Bonchev–Trinajstić information content (AvgIpc) is 2.66. The van der Waals surface area contributed by atoms with Gasteiger partial charge in [0.1, 0.15) is 11.8 Å². The summed E-state index contributed by atoms with van der Waals surface area (Å²) < 4.78 is 93.7. The van der Waals surface area contributed by atoms with Gasteiger partial charge in [-0.2, -0.15) is 26.3 Å². The maximum absolute atomic E-state index is 14.0. The lowest BCUT2D eigenvalue weighted by Crippen LogP contribution is -2.81. The van der Waals surface area contributed by atoms with Crippen LogP contribution in [0.3, 0.4) is 0 Å². The average molecular weight is 552 g/mol. The summed E-state index contributed by atoms with van der Waals surface area (Å²) in [6.45, 7) is 1.49. The van der Waals surface area contributed by atoms with Crippen LogP contribution >= 0.6 is 15.9 Å². The molecule has 5 atom stereocenters. The highest BCUT2D eigenvalue weighted by Crippen LogP contribution is 2.55. The molecule has 186 valence electrons. The highest BCUT2D eigenvalue weighted by Gasteiger charge is 2.78. The summed E-state index contributed by atoms with van der Waals surface area (Å²) in [5.41, 5.74) is -9.66. The number of alkyl halides is 6. The topological polar surface area (TPSA) is 105 Å². The Bertz CT molecular complexity index is 831. The van der Waals surface area contributed by atoms with Gasteiger partial charge in [-0.25, -0.2) is 5.32 Å². The fourth-order valence-electron chi connectivity index (χ4n) is 3.82. The van der Waals surface area contributed by atoms with Gasteiger partial charge in [-0.05, 0) is 31.5 Å². The van der Waals surface area contributed by atoms with Gasteiger partial charge in [0.15, 0.2) is 0 Å². The SMILES string of the molecule is CCOC(=O)[C@@H]1C(c2ccc(Br)cc2)[C@@H](C(=O)OCC)[C@](O)(C(F)(F)F)N[C@]1(O)C(F)(F)F. The number of carbonyl (C=O) groups excluding carboxylic acids is 2. The summed E-state index contributed by atoms with van der Waals surface area (Å²) in [5.74, 6) is -11.5. The molecule has 3 N–H and O–H groups in total. The number of hydrogen-bond donors (Lipinski definition) is 3. The number of ether oxygens (including phenoxy) is 2. The molecule has 14 heteroatoms. The van der Waals surface area contributed by atoms with E-state index >= 15 is 0 Å². The third-order valence-corrected chi connectivity index (χ3v) is 5.73. The monoisotopic (exact) mass is 551 g/mol. The van der Waals surface area contributed by atoms with Crippen LogP contribution in [-0.4, -0.2) is 59.2 Å². The van der Waals surface area contributed by atoms with Crippen molar-refractivity contribution in [2.45, 2.75) is 43.6 Å². The van der Waals surface area contributed by atoms with Crippen molar-refractivity contribution in [1.82, 2.24) is 5.32 Å². The van der Waals surface area contributed by atoms with Gasteiger partial charge in [-0.3, -0.25) is 9.59 Å². The van der Waals surface area contributed by atoms with Gasteiger partial charge < -0.3 is 19.7 Å². The third-order valence-electron chi connectivity index (χ3n) is 5.20. The first-order valence-electron chi connectivity index (χ1n) is 9.51. The molecule has 0 spiro atoms. The molecule has 7 nitrogen and oxygen atoms in total. The minimum absolute atomic E-state index is 0.373. The zero-order valence-electron chi connectivity index (χ0n) is 17.1. The van der Waals surface area contributed by atoms with Crippen molar-refractivity contribution >= 4 is 27.9 Å². The molecule has 0 amide bonds. The second kappa shape index (κ2) is 9.39. The fourth-order valence-corrected chi connectivity index (χ4v) is 4.09. The van der Waals surface area contributed by atoms with E-state index in [4.69, 9.17) is 0 Å². The number of halogens is 7. The van der Waals surface area contributed by atoms with Crippen molar-refractivity contribution < 1.29 is 55.6 Å². The van der Waals surface area contributed by atoms with Gasteiger partial charge in [-0.1, -0.05) is 28.1 Å². The molecule has 33 heavy (non-hydrogen) atoms. The Morgan fingerprint density at radius 1 is 0.909 bits per heavy atom. The van der Waals surface area contributed by atoms with Crippen molar-refractivity contribution in [1.29, 1.82) is 0 Å². The first-order chi connectivity index (χ1) is 15.0. The third kappa shape index (κ3) is 4.84. The molecule has 1 saturated heterocycles. The number of carbonyl (C=O) groups is 2. The number of rotatable bonds is 5. The van der Waals surface area contributed by atoms with Crippen molar-refractivity contribution in [3.8, 4) is 0 Å². The Morgan fingerprint density at radius 3 is 1.58 bits per heavy atom. The lowest BCUT2D eigenvalue weighted by molar-refractivity contribution is -0.376. The molecule has 0 radical (unpaired) electrons. The van der Waals surface area contributed by atoms with E-state index in [1.54, 1.807) is 0 Å². The molecule has 0 aliphatic carbocycles. The van der Waals surface area contributed by atoms with Crippen LogP contribution in [0.4, 0.5) is 26.3 Å².